The van der Waals surface area contributed by atoms with Crippen molar-refractivity contribution in [3.05, 3.63) is 75.9 Å². The largest absolute Gasteiger partial charge is 0.424 e. The highest BCUT2D eigenvalue weighted by Crippen LogP contribution is 2.33. The molecule has 144 valence electrons. The molecule has 28 heavy (non-hydrogen) atoms. The van der Waals surface area contributed by atoms with E-state index in [1.165, 1.54) is 10.4 Å². The van der Waals surface area contributed by atoms with Gasteiger partial charge in [0.1, 0.15) is 5.82 Å². The molecule has 0 spiro atoms. The lowest BCUT2D eigenvalue weighted by molar-refractivity contribution is 0.469. The maximum Gasteiger partial charge on any atom is 0.229 e. The number of hydrogen-bond donors (Lipinski definition) is 0. The zero-order chi connectivity index (χ0) is 19.3. The van der Waals surface area contributed by atoms with Crippen molar-refractivity contribution in [3.8, 4) is 0 Å². The Morgan fingerprint density at radius 2 is 1.93 bits per heavy atom. The first-order valence-corrected chi connectivity index (χ1v) is 10.9. The second-order valence-electron chi connectivity index (χ2n) is 6.46. The SMILES string of the molecule is Cc1nnc(C(C)Sc2nnc(Cc3cccs3)n2CCc2ccccc2)o1. The van der Waals surface area contributed by atoms with E-state index in [4.69, 9.17) is 4.42 Å². The summed E-state index contributed by atoms with van der Waals surface area (Å²) in [5, 5.41) is 20.0. The standard InChI is InChI=1S/C20H21N5OS2/c1-14(19-23-21-15(2)26-19)28-20-24-22-18(13-17-9-6-12-27-17)25(20)11-10-16-7-4-3-5-8-16/h3-9,12,14H,10-11,13H2,1-2H3. The summed E-state index contributed by atoms with van der Waals surface area (Å²) in [5.41, 5.74) is 1.30. The van der Waals surface area contributed by atoms with Crippen LogP contribution in [0, 0.1) is 6.92 Å². The summed E-state index contributed by atoms with van der Waals surface area (Å²) >= 11 is 3.34. The molecule has 3 aromatic heterocycles. The molecule has 4 rings (SSSR count). The van der Waals surface area contributed by atoms with Gasteiger partial charge in [0.2, 0.25) is 11.8 Å². The Morgan fingerprint density at radius 1 is 1.07 bits per heavy atom. The Kier molecular flexibility index (Phi) is 5.87. The van der Waals surface area contributed by atoms with Crippen molar-refractivity contribution in [2.45, 2.75) is 43.6 Å². The van der Waals surface area contributed by atoms with Gasteiger partial charge in [0.25, 0.3) is 0 Å². The highest BCUT2D eigenvalue weighted by Gasteiger charge is 2.20. The highest BCUT2D eigenvalue weighted by molar-refractivity contribution is 7.99. The molecular weight excluding hydrogens is 390 g/mol. The summed E-state index contributed by atoms with van der Waals surface area (Å²) in [6, 6.07) is 14.7. The lowest BCUT2D eigenvalue weighted by atomic mass is 10.1. The molecule has 0 aliphatic rings. The molecule has 3 heterocycles. The highest BCUT2D eigenvalue weighted by atomic mass is 32.2. The van der Waals surface area contributed by atoms with E-state index in [0.29, 0.717) is 11.8 Å². The first-order chi connectivity index (χ1) is 13.7. The van der Waals surface area contributed by atoms with Crippen molar-refractivity contribution in [3.63, 3.8) is 0 Å². The predicted molar refractivity (Wildman–Crippen MR) is 111 cm³/mol. The quantitative estimate of drug-likeness (QED) is 0.391. The van der Waals surface area contributed by atoms with Gasteiger partial charge in [-0.1, -0.05) is 48.2 Å². The number of nitrogens with zero attached hydrogens (tertiary/aromatic N) is 5. The van der Waals surface area contributed by atoms with E-state index in [9.17, 15) is 0 Å². The maximum atomic E-state index is 5.58. The second-order valence-corrected chi connectivity index (χ2v) is 8.80. The molecule has 1 atom stereocenters. The molecule has 0 aliphatic carbocycles. The monoisotopic (exact) mass is 411 g/mol. The Labute approximate surface area is 172 Å². The lowest BCUT2D eigenvalue weighted by Crippen LogP contribution is -2.08. The van der Waals surface area contributed by atoms with Crippen LogP contribution in [0.4, 0.5) is 0 Å². The van der Waals surface area contributed by atoms with Crippen molar-refractivity contribution in [2.24, 2.45) is 0 Å². The van der Waals surface area contributed by atoms with Crippen LogP contribution in [0.1, 0.15) is 40.2 Å². The molecule has 4 aromatic rings. The molecule has 1 aromatic carbocycles. The Balaban J connectivity index is 1.56. The van der Waals surface area contributed by atoms with E-state index in [-0.39, 0.29) is 5.25 Å². The third kappa shape index (κ3) is 4.51. The van der Waals surface area contributed by atoms with Gasteiger partial charge in [-0.25, -0.2) is 0 Å². The van der Waals surface area contributed by atoms with Crippen LogP contribution in [0.25, 0.3) is 0 Å². The molecule has 0 aliphatic heterocycles. The molecule has 8 heteroatoms. The molecule has 0 bridgehead atoms. The molecule has 0 amide bonds. The zero-order valence-corrected chi connectivity index (χ0v) is 17.4. The minimum absolute atomic E-state index is 0.00969. The number of hydrogen-bond acceptors (Lipinski definition) is 7. The number of thioether (sulfide) groups is 1. The summed E-state index contributed by atoms with van der Waals surface area (Å²) in [7, 11) is 0. The number of thiophene rings is 1. The van der Waals surface area contributed by atoms with Crippen LogP contribution in [0.5, 0.6) is 0 Å². The molecule has 0 radical (unpaired) electrons. The summed E-state index contributed by atoms with van der Waals surface area (Å²) in [6.07, 6.45) is 1.71. The average Bonchev–Trinajstić information content (AvgIpc) is 3.44. The van der Waals surface area contributed by atoms with Gasteiger partial charge in [-0.2, -0.15) is 0 Å². The van der Waals surface area contributed by atoms with E-state index in [1.54, 1.807) is 30.0 Å². The van der Waals surface area contributed by atoms with Gasteiger partial charge in [0, 0.05) is 24.8 Å². The van der Waals surface area contributed by atoms with Crippen molar-refractivity contribution in [2.75, 3.05) is 0 Å². The second kappa shape index (κ2) is 8.70. The van der Waals surface area contributed by atoms with Crippen LogP contribution in [0.2, 0.25) is 0 Å². The van der Waals surface area contributed by atoms with Crippen LogP contribution in [0.3, 0.4) is 0 Å². The van der Waals surface area contributed by atoms with Crippen LogP contribution in [-0.4, -0.2) is 25.0 Å². The lowest BCUT2D eigenvalue weighted by Gasteiger charge is -2.11. The van der Waals surface area contributed by atoms with Gasteiger partial charge in [-0.3, -0.25) is 0 Å². The molecule has 1 unspecified atom stereocenters. The summed E-state index contributed by atoms with van der Waals surface area (Å²) in [4.78, 5) is 1.28. The summed E-state index contributed by atoms with van der Waals surface area (Å²) < 4.78 is 7.80. The third-order valence-electron chi connectivity index (χ3n) is 4.34. The number of aryl methyl sites for hydroxylation is 2. The Hall–Kier alpha value is -2.45. The minimum atomic E-state index is 0.00969. The van der Waals surface area contributed by atoms with Crippen LogP contribution in [0.15, 0.2) is 57.4 Å². The smallest absolute Gasteiger partial charge is 0.229 e. The van der Waals surface area contributed by atoms with Crippen molar-refractivity contribution < 1.29 is 4.42 Å². The first-order valence-electron chi connectivity index (χ1n) is 9.14. The van der Waals surface area contributed by atoms with E-state index >= 15 is 0 Å². The van der Waals surface area contributed by atoms with Gasteiger partial charge in [-0.05, 0) is 30.4 Å². The van der Waals surface area contributed by atoms with Gasteiger partial charge in [0.15, 0.2) is 5.16 Å². The third-order valence-corrected chi connectivity index (χ3v) is 6.29. The van der Waals surface area contributed by atoms with E-state index < -0.39 is 0 Å². The molecular formula is C20H21N5OS2. The van der Waals surface area contributed by atoms with Crippen LogP contribution < -0.4 is 0 Å². The molecule has 0 saturated carbocycles. The van der Waals surface area contributed by atoms with Gasteiger partial charge in [-0.15, -0.1) is 31.7 Å². The molecule has 0 saturated heterocycles. The van der Waals surface area contributed by atoms with Gasteiger partial charge >= 0.3 is 0 Å². The molecule has 6 nitrogen and oxygen atoms in total. The van der Waals surface area contributed by atoms with Crippen molar-refractivity contribution in [1.29, 1.82) is 0 Å². The fraction of sp³-hybridized carbons (Fsp3) is 0.300. The Morgan fingerprint density at radius 3 is 2.64 bits per heavy atom. The minimum Gasteiger partial charge on any atom is -0.424 e. The van der Waals surface area contributed by atoms with Crippen LogP contribution >= 0.6 is 23.1 Å². The fourth-order valence-electron chi connectivity index (χ4n) is 2.90. The number of benzene rings is 1. The van der Waals surface area contributed by atoms with E-state index in [0.717, 1.165) is 30.4 Å². The van der Waals surface area contributed by atoms with Crippen LogP contribution in [-0.2, 0) is 19.4 Å². The van der Waals surface area contributed by atoms with E-state index in [2.05, 4.69) is 66.7 Å². The zero-order valence-electron chi connectivity index (χ0n) is 15.8. The average molecular weight is 412 g/mol. The van der Waals surface area contributed by atoms with E-state index in [1.807, 2.05) is 13.0 Å². The Bertz CT molecular complexity index is 1010. The molecule has 0 N–H and O–H groups in total. The molecule has 0 fully saturated rings. The predicted octanol–water partition coefficient (Wildman–Crippen LogP) is 4.72. The fourth-order valence-corrected chi connectivity index (χ4v) is 4.53. The maximum absolute atomic E-state index is 5.58. The summed E-state index contributed by atoms with van der Waals surface area (Å²) in [5.74, 6) is 2.17. The topological polar surface area (TPSA) is 69.6 Å². The normalized spacial score (nSPS) is 12.4. The van der Waals surface area contributed by atoms with Crippen molar-refractivity contribution in [1.82, 2.24) is 25.0 Å². The van der Waals surface area contributed by atoms with Gasteiger partial charge < -0.3 is 8.98 Å². The summed E-state index contributed by atoms with van der Waals surface area (Å²) in [6.45, 7) is 4.68. The number of aromatic nitrogens is 5. The number of rotatable bonds is 8. The first kappa shape index (κ1) is 18.9. The van der Waals surface area contributed by atoms with Gasteiger partial charge in [0.05, 0.1) is 5.25 Å². The van der Waals surface area contributed by atoms with Crippen molar-refractivity contribution >= 4 is 23.1 Å².